The van der Waals surface area contributed by atoms with Crippen LogP contribution in [0.4, 0.5) is 0 Å². The molecule has 0 aromatic carbocycles. The van der Waals surface area contributed by atoms with Gasteiger partial charge in [-0.15, -0.1) is 0 Å². The maximum absolute atomic E-state index is 6.34. The molecule has 0 bridgehead atoms. The Hall–Kier alpha value is -0.120. The van der Waals surface area contributed by atoms with Crippen molar-refractivity contribution in [2.75, 3.05) is 33.0 Å². The van der Waals surface area contributed by atoms with Crippen LogP contribution in [0.1, 0.15) is 66.2 Å². The zero-order chi connectivity index (χ0) is 15.6. The van der Waals surface area contributed by atoms with Crippen LogP contribution in [0.5, 0.6) is 0 Å². The minimum Gasteiger partial charge on any atom is -0.382 e. The molecule has 1 fully saturated rings. The molecule has 3 nitrogen and oxygen atoms in total. The Morgan fingerprint density at radius 3 is 2.33 bits per heavy atom. The highest BCUT2D eigenvalue weighted by Crippen LogP contribution is 2.40. The van der Waals surface area contributed by atoms with Crippen LogP contribution in [0.3, 0.4) is 0 Å². The molecule has 0 aliphatic heterocycles. The molecule has 0 aromatic heterocycles. The Balaban J connectivity index is 2.11. The molecule has 0 saturated heterocycles. The summed E-state index contributed by atoms with van der Waals surface area (Å²) in [6.07, 6.45) is 7.11. The van der Waals surface area contributed by atoms with Crippen molar-refractivity contribution in [1.82, 2.24) is 0 Å². The van der Waals surface area contributed by atoms with Crippen LogP contribution >= 0.6 is 0 Å². The Labute approximate surface area is 131 Å². The highest BCUT2D eigenvalue weighted by molar-refractivity contribution is 4.89. The van der Waals surface area contributed by atoms with Gasteiger partial charge in [0.15, 0.2) is 0 Å². The topological polar surface area (TPSA) is 27.7 Å². The molecule has 0 aromatic rings. The first-order valence-corrected chi connectivity index (χ1v) is 8.90. The second-order valence-electron chi connectivity index (χ2n) is 6.79. The Kier molecular flexibility index (Phi) is 9.54. The van der Waals surface area contributed by atoms with E-state index in [2.05, 4.69) is 20.8 Å². The van der Waals surface area contributed by atoms with E-state index in [4.69, 9.17) is 14.2 Å². The maximum Gasteiger partial charge on any atom is 0.0707 e. The maximum atomic E-state index is 6.34. The molecule has 126 valence electrons. The summed E-state index contributed by atoms with van der Waals surface area (Å²) in [5.74, 6) is 1.41. The van der Waals surface area contributed by atoms with Gasteiger partial charge in [0.05, 0.1) is 5.60 Å². The highest BCUT2D eigenvalue weighted by Gasteiger charge is 2.38. The Morgan fingerprint density at radius 2 is 1.71 bits per heavy atom. The van der Waals surface area contributed by atoms with Crippen LogP contribution in [0.25, 0.3) is 0 Å². The predicted octanol–water partition coefficient (Wildman–Crippen LogP) is 4.44. The lowest BCUT2D eigenvalue weighted by atomic mass is 9.73. The van der Waals surface area contributed by atoms with Gasteiger partial charge in [0.2, 0.25) is 0 Å². The standard InChI is InChI=1S/C18H36O3/c1-5-19-11-7-12-20-13-8-14-21-18(16(2)3)10-6-9-17(4)15-18/h16-17H,5-15H2,1-4H3. The fourth-order valence-corrected chi connectivity index (χ4v) is 3.31. The van der Waals surface area contributed by atoms with Crippen molar-refractivity contribution in [3.05, 3.63) is 0 Å². The third-order valence-electron chi connectivity index (χ3n) is 4.65. The highest BCUT2D eigenvalue weighted by atomic mass is 16.5. The van der Waals surface area contributed by atoms with Crippen molar-refractivity contribution < 1.29 is 14.2 Å². The minimum absolute atomic E-state index is 0.118. The van der Waals surface area contributed by atoms with Gasteiger partial charge >= 0.3 is 0 Å². The first-order chi connectivity index (χ1) is 10.1. The number of ether oxygens (including phenoxy) is 3. The molecule has 1 aliphatic rings. The number of rotatable bonds is 11. The summed E-state index contributed by atoms with van der Waals surface area (Å²) in [7, 11) is 0. The van der Waals surface area contributed by atoms with E-state index in [1.807, 2.05) is 6.92 Å². The minimum atomic E-state index is 0.118. The van der Waals surface area contributed by atoms with Crippen molar-refractivity contribution in [3.63, 3.8) is 0 Å². The van der Waals surface area contributed by atoms with Crippen molar-refractivity contribution in [3.8, 4) is 0 Å². The molecule has 1 rings (SSSR count). The lowest BCUT2D eigenvalue weighted by Gasteiger charge is -2.43. The molecule has 0 radical (unpaired) electrons. The number of hydrogen-bond acceptors (Lipinski definition) is 3. The first kappa shape index (κ1) is 18.9. The average Bonchev–Trinajstić information content (AvgIpc) is 2.45. The van der Waals surface area contributed by atoms with E-state index in [-0.39, 0.29) is 5.60 Å². The van der Waals surface area contributed by atoms with Gasteiger partial charge in [-0.1, -0.05) is 33.6 Å². The van der Waals surface area contributed by atoms with Gasteiger partial charge in [-0.3, -0.25) is 0 Å². The van der Waals surface area contributed by atoms with Crippen LogP contribution in [-0.2, 0) is 14.2 Å². The summed E-state index contributed by atoms with van der Waals surface area (Å²) < 4.78 is 17.3. The van der Waals surface area contributed by atoms with Crippen molar-refractivity contribution >= 4 is 0 Å². The first-order valence-electron chi connectivity index (χ1n) is 8.90. The molecule has 0 heterocycles. The molecule has 21 heavy (non-hydrogen) atoms. The molecule has 1 aliphatic carbocycles. The van der Waals surface area contributed by atoms with E-state index in [1.165, 1.54) is 25.7 Å². The van der Waals surface area contributed by atoms with Gasteiger partial charge in [0.1, 0.15) is 0 Å². The molecule has 1 saturated carbocycles. The van der Waals surface area contributed by atoms with Crippen LogP contribution in [0.15, 0.2) is 0 Å². The van der Waals surface area contributed by atoms with E-state index >= 15 is 0 Å². The monoisotopic (exact) mass is 300 g/mol. The van der Waals surface area contributed by atoms with Crippen LogP contribution in [-0.4, -0.2) is 38.6 Å². The summed E-state index contributed by atoms with van der Waals surface area (Å²) in [6, 6.07) is 0. The molecule has 2 atom stereocenters. The van der Waals surface area contributed by atoms with Gasteiger partial charge in [-0.2, -0.15) is 0 Å². The van der Waals surface area contributed by atoms with E-state index in [0.29, 0.717) is 5.92 Å². The second kappa shape index (κ2) is 10.6. The summed E-state index contributed by atoms with van der Waals surface area (Å²) in [6.45, 7) is 13.0. The van der Waals surface area contributed by atoms with Crippen molar-refractivity contribution in [2.45, 2.75) is 71.8 Å². The summed E-state index contributed by atoms with van der Waals surface area (Å²) in [4.78, 5) is 0. The Morgan fingerprint density at radius 1 is 1.05 bits per heavy atom. The van der Waals surface area contributed by atoms with E-state index < -0.39 is 0 Å². The largest absolute Gasteiger partial charge is 0.382 e. The van der Waals surface area contributed by atoms with E-state index in [1.54, 1.807) is 0 Å². The zero-order valence-corrected chi connectivity index (χ0v) is 14.7. The van der Waals surface area contributed by atoms with Crippen LogP contribution in [0, 0.1) is 11.8 Å². The van der Waals surface area contributed by atoms with Crippen LogP contribution < -0.4 is 0 Å². The van der Waals surface area contributed by atoms with Gasteiger partial charge in [-0.05, 0) is 44.4 Å². The van der Waals surface area contributed by atoms with Gasteiger partial charge in [-0.25, -0.2) is 0 Å². The molecule has 0 amide bonds. The number of hydrogen-bond donors (Lipinski definition) is 0. The fourth-order valence-electron chi connectivity index (χ4n) is 3.31. The van der Waals surface area contributed by atoms with E-state index in [0.717, 1.165) is 51.8 Å². The quantitative estimate of drug-likeness (QED) is 0.528. The van der Waals surface area contributed by atoms with Crippen LogP contribution in [0.2, 0.25) is 0 Å². The molecule has 2 unspecified atom stereocenters. The lowest BCUT2D eigenvalue weighted by Crippen LogP contribution is -2.43. The van der Waals surface area contributed by atoms with Crippen molar-refractivity contribution in [1.29, 1.82) is 0 Å². The normalized spacial score (nSPS) is 26.4. The van der Waals surface area contributed by atoms with Crippen molar-refractivity contribution in [2.24, 2.45) is 11.8 Å². The summed E-state index contributed by atoms with van der Waals surface area (Å²) in [5.41, 5.74) is 0.118. The molecule has 0 spiro atoms. The molecule has 0 N–H and O–H groups in total. The van der Waals surface area contributed by atoms with E-state index in [9.17, 15) is 0 Å². The second-order valence-corrected chi connectivity index (χ2v) is 6.79. The summed E-state index contributed by atoms with van der Waals surface area (Å²) >= 11 is 0. The van der Waals surface area contributed by atoms with Gasteiger partial charge in [0, 0.05) is 33.0 Å². The SMILES string of the molecule is CCOCCCOCCCOC1(C(C)C)CCCC(C)C1. The third kappa shape index (κ3) is 7.12. The molecular formula is C18H36O3. The fraction of sp³-hybridized carbons (Fsp3) is 1.00. The zero-order valence-electron chi connectivity index (χ0n) is 14.7. The predicted molar refractivity (Wildman–Crippen MR) is 87.7 cm³/mol. The lowest BCUT2D eigenvalue weighted by molar-refractivity contribution is -0.115. The smallest absolute Gasteiger partial charge is 0.0707 e. The molecule has 3 heteroatoms. The average molecular weight is 300 g/mol. The Bertz CT molecular complexity index is 255. The third-order valence-corrected chi connectivity index (χ3v) is 4.65. The van der Waals surface area contributed by atoms with Gasteiger partial charge < -0.3 is 14.2 Å². The van der Waals surface area contributed by atoms with Gasteiger partial charge in [0.25, 0.3) is 0 Å². The summed E-state index contributed by atoms with van der Waals surface area (Å²) in [5, 5.41) is 0. The molecular weight excluding hydrogens is 264 g/mol.